The second-order valence-electron chi connectivity index (χ2n) is 8.07. The van der Waals surface area contributed by atoms with Crippen molar-refractivity contribution in [3.8, 4) is 11.4 Å². The van der Waals surface area contributed by atoms with Crippen LogP contribution in [0.4, 0.5) is 5.82 Å². The summed E-state index contributed by atoms with van der Waals surface area (Å²) in [6, 6.07) is 17.4. The fraction of sp³-hybridized carbons (Fsp3) is 0.208. The standard InChI is InChI=1S/C24H19ClN4O2/c25-16-6-7-19-20(13-16)28-22(27-19)15-5-8-21(26-14-15)29-11-9-24(10-12-29)18-4-2-1-3-17(18)23(30)31-24/h1-8,13-14H,9-12H2,(H,27,28). The van der Waals surface area contributed by atoms with Gasteiger partial charge < -0.3 is 14.6 Å². The Morgan fingerprint density at radius 3 is 2.71 bits per heavy atom. The second kappa shape index (κ2) is 6.82. The fourth-order valence-corrected chi connectivity index (χ4v) is 4.81. The lowest BCUT2D eigenvalue weighted by molar-refractivity contribution is -0.0211. The van der Waals surface area contributed by atoms with Gasteiger partial charge in [-0.05, 0) is 36.4 Å². The summed E-state index contributed by atoms with van der Waals surface area (Å²) in [5.74, 6) is 1.47. The van der Waals surface area contributed by atoms with Crippen LogP contribution in [0.2, 0.25) is 5.02 Å². The molecule has 6 rings (SSSR count). The molecule has 31 heavy (non-hydrogen) atoms. The lowest BCUT2D eigenvalue weighted by Gasteiger charge is -2.39. The van der Waals surface area contributed by atoms with E-state index in [2.05, 4.69) is 19.9 Å². The van der Waals surface area contributed by atoms with Crippen LogP contribution in [0, 0.1) is 0 Å². The van der Waals surface area contributed by atoms with Gasteiger partial charge in [0.25, 0.3) is 0 Å². The number of aromatic amines is 1. The normalized spacial score (nSPS) is 17.2. The number of anilines is 1. The number of nitrogens with zero attached hydrogens (tertiary/aromatic N) is 3. The number of hydrogen-bond acceptors (Lipinski definition) is 5. The Morgan fingerprint density at radius 2 is 1.90 bits per heavy atom. The molecular weight excluding hydrogens is 412 g/mol. The summed E-state index contributed by atoms with van der Waals surface area (Å²) in [5.41, 5.74) is 3.91. The van der Waals surface area contributed by atoms with E-state index in [0.717, 1.165) is 59.7 Å². The Hall–Kier alpha value is -3.38. The Kier molecular flexibility index (Phi) is 4.05. The second-order valence-corrected chi connectivity index (χ2v) is 8.50. The maximum Gasteiger partial charge on any atom is 0.339 e. The number of esters is 1. The molecule has 6 nitrogen and oxygen atoms in total. The highest BCUT2D eigenvalue weighted by Gasteiger charge is 2.47. The van der Waals surface area contributed by atoms with Gasteiger partial charge >= 0.3 is 5.97 Å². The Labute approximate surface area is 183 Å². The zero-order valence-corrected chi connectivity index (χ0v) is 17.4. The van der Waals surface area contributed by atoms with Gasteiger partial charge in [0.1, 0.15) is 17.2 Å². The summed E-state index contributed by atoms with van der Waals surface area (Å²) in [4.78, 5) is 27.1. The topological polar surface area (TPSA) is 71.1 Å². The third kappa shape index (κ3) is 2.98. The average Bonchev–Trinajstić information content (AvgIpc) is 3.34. The molecule has 7 heteroatoms. The largest absolute Gasteiger partial charge is 0.450 e. The molecule has 2 aromatic carbocycles. The van der Waals surface area contributed by atoms with E-state index in [-0.39, 0.29) is 5.97 Å². The minimum absolute atomic E-state index is 0.210. The molecule has 0 atom stereocenters. The van der Waals surface area contributed by atoms with Crippen molar-refractivity contribution in [1.82, 2.24) is 15.0 Å². The zero-order valence-electron chi connectivity index (χ0n) is 16.6. The first kappa shape index (κ1) is 18.4. The highest BCUT2D eigenvalue weighted by Crippen LogP contribution is 2.44. The predicted octanol–water partition coefficient (Wildman–Crippen LogP) is 4.94. The van der Waals surface area contributed by atoms with E-state index < -0.39 is 5.60 Å². The molecule has 4 heterocycles. The molecule has 0 bridgehead atoms. The highest BCUT2D eigenvalue weighted by molar-refractivity contribution is 6.31. The molecule has 154 valence electrons. The molecule has 1 saturated heterocycles. The predicted molar refractivity (Wildman–Crippen MR) is 119 cm³/mol. The molecule has 0 saturated carbocycles. The molecular formula is C24H19ClN4O2. The van der Waals surface area contributed by atoms with Crippen molar-refractivity contribution in [2.24, 2.45) is 0 Å². The minimum atomic E-state index is -0.500. The third-order valence-electron chi connectivity index (χ3n) is 6.29. The number of fused-ring (bicyclic) bond motifs is 3. The van der Waals surface area contributed by atoms with Crippen LogP contribution in [0.5, 0.6) is 0 Å². The number of hydrogen-bond donors (Lipinski definition) is 1. The number of carbonyl (C=O) groups is 1. The first-order valence-corrected chi connectivity index (χ1v) is 10.7. The van der Waals surface area contributed by atoms with Crippen molar-refractivity contribution >= 4 is 34.4 Å². The van der Waals surface area contributed by atoms with E-state index in [1.165, 1.54) is 0 Å². The smallest absolute Gasteiger partial charge is 0.339 e. The summed E-state index contributed by atoms with van der Waals surface area (Å²) >= 11 is 6.06. The molecule has 0 unspecified atom stereocenters. The van der Waals surface area contributed by atoms with Gasteiger partial charge in [-0.3, -0.25) is 0 Å². The number of pyridine rings is 1. The van der Waals surface area contributed by atoms with Crippen LogP contribution in [0.3, 0.4) is 0 Å². The Morgan fingerprint density at radius 1 is 1.06 bits per heavy atom. The third-order valence-corrected chi connectivity index (χ3v) is 6.52. The van der Waals surface area contributed by atoms with Gasteiger partial charge in [0.15, 0.2) is 0 Å². The van der Waals surface area contributed by atoms with Crippen molar-refractivity contribution in [2.75, 3.05) is 18.0 Å². The summed E-state index contributed by atoms with van der Waals surface area (Å²) in [7, 11) is 0. The number of benzene rings is 2. The van der Waals surface area contributed by atoms with Crippen molar-refractivity contribution < 1.29 is 9.53 Å². The van der Waals surface area contributed by atoms with Crippen molar-refractivity contribution in [2.45, 2.75) is 18.4 Å². The van der Waals surface area contributed by atoms with Crippen LogP contribution in [0.25, 0.3) is 22.4 Å². The highest BCUT2D eigenvalue weighted by atomic mass is 35.5. The minimum Gasteiger partial charge on any atom is -0.450 e. The molecule has 2 aliphatic rings. The van der Waals surface area contributed by atoms with E-state index in [0.29, 0.717) is 10.6 Å². The van der Waals surface area contributed by atoms with Crippen molar-refractivity contribution in [1.29, 1.82) is 0 Å². The monoisotopic (exact) mass is 430 g/mol. The molecule has 1 N–H and O–H groups in total. The molecule has 2 aliphatic heterocycles. The van der Waals surface area contributed by atoms with Gasteiger partial charge in [-0.1, -0.05) is 29.8 Å². The maximum atomic E-state index is 12.3. The van der Waals surface area contributed by atoms with Crippen LogP contribution >= 0.6 is 11.6 Å². The van der Waals surface area contributed by atoms with Crippen molar-refractivity contribution in [3.63, 3.8) is 0 Å². The van der Waals surface area contributed by atoms with E-state index in [9.17, 15) is 4.79 Å². The fourth-order valence-electron chi connectivity index (χ4n) is 4.64. The van der Waals surface area contributed by atoms with E-state index in [1.54, 1.807) is 0 Å². The quantitative estimate of drug-likeness (QED) is 0.456. The molecule has 2 aromatic heterocycles. The molecule has 0 amide bonds. The summed E-state index contributed by atoms with van der Waals surface area (Å²) in [6.45, 7) is 1.55. The van der Waals surface area contributed by atoms with Gasteiger partial charge in [0.2, 0.25) is 0 Å². The number of piperidine rings is 1. The summed E-state index contributed by atoms with van der Waals surface area (Å²) in [5, 5.41) is 0.664. The van der Waals surface area contributed by atoms with Gasteiger partial charge in [-0.15, -0.1) is 0 Å². The van der Waals surface area contributed by atoms with Crippen LogP contribution < -0.4 is 4.90 Å². The summed E-state index contributed by atoms with van der Waals surface area (Å²) < 4.78 is 5.85. The van der Waals surface area contributed by atoms with Crippen LogP contribution in [0.15, 0.2) is 60.8 Å². The Balaban J connectivity index is 1.21. The van der Waals surface area contributed by atoms with Crippen LogP contribution in [-0.4, -0.2) is 34.0 Å². The van der Waals surface area contributed by atoms with Crippen molar-refractivity contribution in [3.05, 3.63) is 76.9 Å². The number of rotatable bonds is 2. The number of halogens is 1. The number of aromatic nitrogens is 3. The van der Waals surface area contributed by atoms with Gasteiger partial charge in [0.05, 0.1) is 16.6 Å². The lowest BCUT2D eigenvalue weighted by atomic mass is 9.84. The number of nitrogens with one attached hydrogen (secondary N) is 1. The van der Waals surface area contributed by atoms with Gasteiger partial charge in [0, 0.05) is 48.3 Å². The van der Waals surface area contributed by atoms with E-state index in [4.69, 9.17) is 16.3 Å². The maximum absolute atomic E-state index is 12.3. The molecule has 1 spiro atoms. The zero-order chi connectivity index (χ0) is 21.0. The summed E-state index contributed by atoms with van der Waals surface area (Å²) in [6.07, 6.45) is 3.34. The molecule has 0 radical (unpaired) electrons. The molecule has 4 aromatic rings. The first-order chi connectivity index (χ1) is 15.1. The molecule has 1 fully saturated rings. The lowest BCUT2D eigenvalue weighted by Crippen LogP contribution is -2.43. The number of ether oxygens (including phenoxy) is 1. The van der Waals surface area contributed by atoms with Crippen LogP contribution in [0.1, 0.15) is 28.8 Å². The molecule has 0 aliphatic carbocycles. The SMILES string of the molecule is O=C1OC2(CCN(c3ccc(-c4nc5cc(Cl)ccc5[nH]4)cn3)CC2)c2ccccc21. The van der Waals surface area contributed by atoms with Crippen LogP contribution in [-0.2, 0) is 10.3 Å². The average molecular weight is 431 g/mol. The Bertz CT molecular complexity index is 1310. The van der Waals surface area contributed by atoms with E-state index >= 15 is 0 Å². The number of carbonyl (C=O) groups excluding carboxylic acids is 1. The first-order valence-electron chi connectivity index (χ1n) is 10.3. The van der Waals surface area contributed by atoms with E-state index in [1.807, 2.05) is 60.8 Å². The number of H-pyrrole nitrogens is 1. The van der Waals surface area contributed by atoms with Gasteiger partial charge in [-0.2, -0.15) is 0 Å². The van der Waals surface area contributed by atoms with Gasteiger partial charge in [-0.25, -0.2) is 14.8 Å². The number of imidazole rings is 1.